The van der Waals surface area contributed by atoms with Crippen LogP contribution in [0.15, 0.2) is 18.5 Å². The van der Waals surface area contributed by atoms with Crippen LogP contribution < -0.4 is 0 Å². The van der Waals surface area contributed by atoms with E-state index in [2.05, 4.69) is 4.98 Å². The molecule has 0 fully saturated rings. The van der Waals surface area contributed by atoms with Crippen LogP contribution in [-0.4, -0.2) is 21.2 Å². The van der Waals surface area contributed by atoms with Crippen molar-refractivity contribution >= 4 is 5.97 Å². The van der Waals surface area contributed by atoms with Crippen LogP contribution in [0.25, 0.3) is 0 Å². The van der Waals surface area contributed by atoms with E-state index in [-0.39, 0.29) is 0 Å². The van der Waals surface area contributed by atoms with Gasteiger partial charge in [-0.05, 0) is 6.07 Å². The van der Waals surface area contributed by atoms with Crippen LogP contribution in [0.2, 0.25) is 0 Å². The Morgan fingerprint density at radius 2 is 2.07 bits per heavy atom. The van der Waals surface area contributed by atoms with E-state index in [4.69, 9.17) is 10.2 Å². The molecule has 0 saturated heterocycles. The first kappa shape index (κ1) is 11.4. The molecule has 0 aliphatic carbocycles. The zero-order chi connectivity index (χ0) is 11.6. The lowest BCUT2D eigenvalue weighted by atomic mass is 10.0. The average Bonchev–Trinajstić information content (AvgIpc) is 2.15. The number of carbonyl (C=O) groups is 1. The molecule has 82 valence electrons. The van der Waals surface area contributed by atoms with Gasteiger partial charge in [0.1, 0.15) is 0 Å². The normalized spacial score (nSPS) is 13.6. The molecule has 0 radical (unpaired) electrons. The number of pyridine rings is 1. The molecule has 0 bridgehead atoms. The first-order chi connectivity index (χ1) is 6.84. The summed E-state index contributed by atoms with van der Waals surface area (Å²) in [6, 6.07) is 0.821. The Labute approximate surface area is 82.0 Å². The monoisotopic (exact) mass is 221 g/mol. The van der Waals surface area contributed by atoms with Gasteiger partial charge in [-0.3, -0.25) is 4.98 Å². The second-order valence-electron chi connectivity index (χ2n) is 2.70. The lowest BCUT2D eigenvalue weighted by Crippen LogP contribution is -2.17. The van der Waals surface area contributed by atoms with Crippen molar-refractivity contribution in [2.45, 2.75) is 12.3 Å². The molecule has 1 unspecified atom stereocenters. The standard InChI is InChI=1S/C8H6F3NO3/c9-8(10,11)5-3-12-2-1-4(5)6(13)7(14)15/h1-3,6,13H,(H,14,15). The van der Waals surface area contributed by atoms with Crippen molar-refractivity contribution in [3.05, 3.63) is 29.6 Å². The molecule has 0 spiro atoms. The van der Waals surface area contributed by atoms with Crippen molar-refractivity contribution in [2.75, 3.05) is 0 Å². The van der Waals surface area contributed by atoms with Gasteiger partial charge in [-0.2, -0.15) is 13.2 Å². The Kier molecular flexibility index (Phi) is 2.94. The zero-order valence-electron chi connectivity index (χ0n) is 7.19. The number of aliphatic hydroxyl groups is 1. The largest absolute Gasteiger partial charge is 0.479 e. The Morgan fingerprint density at radius 1 is 1.47 bits per heavy atom. The molecule has 4 nitrogen and oxygen atoms in total. The predicted molar refractivity (Wildman–Crippen MR) is 41.8 cm³/mol. The van der Waals surface area contributed by atoms with Gasteiger partial charge in [-0.25, -0.2) is 4.79 Å². The summed E-state index contributed by atoms with van der Waals surface area (Å²) in [5.41, 5.74) is -1.97. The molecule has 15 heavy (non-hydrogen) atoms. The number of carboxylic acids is 1. The van der Waals surface area contributed by atoms with E-state index in [0.29, 0.717) is 6.20 Å². The topological polar surface area (TPSA) is 70.4 Å². The molecule has 7 heteroatoms. The van der Waals surface area contributed by atoms with E-state index in [1.807, 2.05) is 0 Å². The summed E-state index contributed by atoms with van der Waals surface area (Å²) in [6.45, 7) is 0. The Balaban J connectivity index is 3.24. The summed E-state index contributed by atoms with van der Waals surface area (Å²) in [4.78, 5) is 13.6. The second kappa shape index (κ2) is 3.85. The van der Waals surface area contributed by atoms with E-state index in [9.17, 15) is 18.0 Å². The highest BCUT2D eigenvalue weighted by atomic mass is 19.4. The third-order valence-corrected chi connectivity index (χ3v) is 1.69. The summed E-state index contributed by atoms with van der Waals surface area (Å²) in [7, 11) is 0. The SMILES string of the molecule is O=C(O)C(O)c1ccncc1C(F)(F)F. The van der Waals surface area contributed by atoms with E-state index < -0.39 is 29.4 Å². The van der Waals surface area contributed by atoms with Crippen LogP contribution in [0.4, 0.5) is 13.2 Å². The number of aliphatic carboxylic acids is 1. The lowest BCUT2D eigenvalue weighted by molar-refractivity contribution is -0.149. The quantitative estimate of drug-likeness (QED) is 0.787. The molecule has 0 aliphatic heterocycles. The van der Waals surface area contributed by atoms with Crippen molar-refractivity contribution in [2.24, 2.45) is 0 Å². The number of halogens is 3. The van der Waals surface area contributed by atoms with Gasteiger partial charge in [-0.15, -0.1) is 0 Å². The number of aromatic nitrogens is 1. The first-order valence-corrected chi connectivity index (χ1v) is 3.76. The minimum absolute atomic E-state index is 0.474. The highest BCUT2D eigenvalue weighted by molar-refractivity contribution is 5.74. The van der Waals surface area contributed by atoms with Gasteiger partial charge in [0, 0.05) is 18.0 Å². The fourth-order valence-corrected chi connectivity index (χ4v) is 1.01. The van der Waals surface area contributed by atoms with E-state index in [1.165, 1.54) is 0 Å². The summed E-state index contributed by atoms with van der Waals surface area (Å²) < 4.78 is 37.0. The summed E-state index contributed by atoms with van der Waals surface area (Å²) in [5.74, 6) is -1.74. The molecule has 0 aliphatic rings. The maximum atomic E-state index is 12.3. The van der Waals surface area contributed by atoms with Crippen LogP contribution >= 0.6 is 0 Å². The van der Waals surface area contributed by atoms with Crippen LogP contribution in [-0.2, 0) is 11.0 Å². The van der Waals surface area contributed by atoms with Crippen LogP contribution in [0, 0.1) is 0 Å². The van der Waals surface area contributed by atoms with Gasteiger partial charge in [0.15, 0.2) is 6.10 Å². The molecule has 1 aromatic rings. The Bertz CT molecular complexity index is 378. The molecule has 0 saturated carbocycles. The smallest absolute Gasteiger partial charge is 0.418 e. The van der Waals surface area contributed by atoms with Crippen LogP contribution in [0.1, 0.15) is 17.2 Å². The van der Waals surface area contributed by atoms with Gasteiger partial charge in [0.2, 0.25) is 0 Å². The molecule has 1 atom stereocenters. The minimum Gasteiger partial charge on any atom is -0.479 e. The van der Waals surface area contributed by atoms with E-state index in [1.54, 1.807) is 0 Å². The summed E-state index contributed by atoms with van der Waals surface area (Å²) >= 11 is 0. The number of hydrogen-bond donors (Lipinski definition) is 2. The van der Waals surface area contributed by atoms with E-state index >= 15 is 0 Å². The van der Waals surface area contributed by atoms with Gasteiger partial charge in [0.25, 0.3) is 0 Å². The van der Waals surface area contributed by atoms with Crippen molar-refractivity contribution in [1.82, 2.24) is 4.98 Å². The number of nitrogens with zero attached hydrogens (tertiary/aromatic N) is 1. The highest BCUT2D eigenvalue weighted by Gasteiger charge is 2.36. The highest BCUT2D eigenvalue weighted by Crippen LogP contribution is 2.33. The van der Waals surface area contributed by atoms with Crippen LogP contribution in [0.3, 0.4) is 0 Å². The third kappa shape index (κ3) is 2.44. The second-order valence-corrected chi connectivity index (χ2v) is 2.70. The van der Waals surface area contributed by atoms with Crippen molar-refractivity contribution in [3.8, 4) is 0 Å². The number of rotatable bonds is 2. The van der Waals surface area contributed by atoms with Crippen LogP contribution in [0.5, 0.6) is 0 Å². The maximum Gasteiger partial charge on any atom is 0.418 e. The summed E-state index contributed by atoms with van der Waals surface area (Å²) in [6.07, 6.45) is -5.48. The fourth-order valence-electron chi connectivity index (χ4n) is 1.01. The van der Waals surface area contributed by atoms with Gasteiger partial charge < -0.3 is 10.2 Å². The molecule has 2 N–H and O–H groups in total. The van der Waals surface area contributed by atoms with Crippen molar-refractivity contribution < 1.29 is 28.2 Å². The Morgan fingerprint density at radius 3 is 2.53 bits per heavy atom. The summed E-state index contributed by atoms with van der Waals surface area (Å²) in [5, 5.41) is 17.4. The van der Waals surface area contributed by atoms with Crippen molar-refractivity contribution in [3.63, 3.8) is 0 Å². The molecule has 0 amide bonds. The number of alkyl halides is 3. The van der Waals surface area contributed by atoms with E-state index in [0.717, 1.165) is 12.3 Å². The third-order valence-electron chi connectivity index (χ3n) is 1.69. The first-order valence-electron chi connectivity index (χ1n) is 3.76. The maximum absolute atomic E-state index is 12.3. The number of carboxylic acid groups (broad SMARTS) is 1. The van der Waals surface area contributed by atoms with Crippen molar-refractivity contribution in [1.29, 1.82) is 0 Å². The van der Waals surface area contributed by atoms with Gasteiger partial charge >= 0.3 is 12.1 Å². The molecular weight excluding hydrogens is 215 g/mol. The predicted octanol–water partition coefficient (Wildman–Crippen LogP) is 1.22. The molecule has 1 rings (SSSR count). The van der Waals surface area contributed by atoms with Gasteiger partial charge in [-0.1, -0.05) is 0 Å². The Hall–Kier alpha value is -1.63. The average molecular weight is 221 g/mol. The van der Waals surface area contributed by atoms with Gasteiger partial charge in [0.05, 0.1) is 5.56 Å². The number of hydrogen-bond acceptors (Lipinski definition) is 3. The number of aliphatic hydroxyl groups excluding tert-OH is 1. The molecule has 1 aromatic heterocycles. The molecular formula is C8H6F3NO3. The zero-order valence-corrected chi connectivity index (χ0v) is 7.19. The molecule has 0 aromatic carbocycles. The molecule has 1 heterocycles. The minimum atomic E-state index is -4.74. The fraction of sp³-hybridized carbons (Fsp3) is 0.250. The lowest BCUT2D eigenvalue weighted by Gasteiger charge is -2.13.